The number of carbonyl (C=O) groups excluding carboxylic acids is 11. The smallest absolute Gasteiger partial charge is 0.410 e. The largest absolute Gasteiger partial charge is 0.462 e. The maximum Gasteiger partial charge on any atom is 0.410 e. The molecule has 13 atom stereocenters. The van der Waals surface area contributed by atoms with Crippen molar-refractivity contribution < 1.29 is 86.3 Å². The van der Waals surface area contributed by atoms with Gasteiger partial charge in [-0.1, -0.05) is 111 Å². The van der Waals surface area contributed by atoms with Gasteiger partial charge in [-0.25, -0.2) is 14.4 Å². The van der Waals surface area contributed by atoms with E-state index in [-0.39, 0.29) is 73.9 Å². The van der Waals surface area contributed by atoms with E-state index < -0.39 is 145 Å². The lowest BCUT2D eigenvalue weighted by molar-refractivity contribution is -0.165. The first-order chi connectivity index (χ1) is 45.1. The predicted octanol–water partition coefficient (Wildman–Crippen LogP) is 5.16. The van der Waals surface area contributed by atoms with Crippen LogP contribution in [0.5, 0.6) is 0 Å². The standard InChI is InChI=1S/C68H100N8O18S/c1-15-42(8)62(52(89-13)35-55(79)76-30-21-24-51(76)64(90-14)43(9)65(85)71-44(10)63(84)46-22-19-18-20-23-46)74(11)56(80)37-70-67(87)61(41(6)7)75(12)68(88)91-38-45-25-27-47(28-26-45)72-53(77)36-69-66(86)60(40(4)5)73-54(78)39-95-31-29-59(83)94-50-33-48(92-57(81)16-2)32-49(34-50)93-58(82)17-3/h16-20,22-23,25-28,40-44,48-52,60-64,84H,2-3,15,21,24,29-39H2,1,4-14H3,(H,69,86)(H,70,87)(H,71,85)(H,72,77)(H,73,78)/t42-,43-,44-,48-,49+,50?,51+,52-,60?,61?,62?,63-,64-/m1/s1. The van der Waals surface area contributed by atoms with Crippen molar-refractivity contribution in [3.05, 3.63) is 91.0 Å². The van der Waals surface area contributed by atoms with Gasteiger partial charge in [0.2, 0.25) is 41.4 Å². The lowest BCUT2D eigenvalue weighted by atomic mass is 9.90. The summed E-state index contributed by atoms with van der Waals surface area (Å²) >= 11 is 1.14. The fourth-order valence-corrected chi connectivity index (χ4v) is 12.5. The van der Waals surface area contributed by atoms with E-state index in [1.165, 1.54) is 26.2 Å². The van der Waals surface area contributed by atoms with Gasteiger partial charge >= 0.3 is 24.0 Å². The second-order valence-corrected chi connectivity index (χ2v) is 25.9. The molecule has 8 amide bonds. The molecule has 0 radical (unpaired) electrons. The number of amides is 8. The van der Waals surface area contributed by atoms with Crippen LogP contribution in [0.15, 0.2) is 79.9 Å². The Labute approximate surface area is 562 Å². The summed E-state index contributed by atoms with van der Waals surface area (Å²) in [4.78, 5) is 149. The van der Waals surface area contributed by atoms with Gasteiger partial charge in [0.05, 0.1) is 74.0 Å². The van der Waals surface area contributed by atoms with Gasteiger partial charge in [-0.05, 0) is 60.8 Å². The molecule has 526 valence electrons. The zero-order chi connectivity index (χ0) is 70.6. The highest BCUT2D eigenvalue weighted by atomic mass is 32.2. The molecule has 2 fully saturated rings. The van der Waals surface area contributed by atoms with Crippen LogP contribution >= 0.6 is 11.8 Å². The highest BCUT2D eigenvalue weighted by Gasteiger charge is 2.43. The fraction of sp³-hybridized carbons (Fsp3) is 0.603. The number of benzene rings is 2. The van der Waals surface area contributed by atoms with Crippen molar-refractivity contribution in [2.45, 2.75) is 180 Å². The molecule has 1 saturated heterocycles. The number of hydrogen-bond acceptors (Lipinski definition) is 19. The van der Waals surface area contributed by atoms with E-state index in [1.54, 1.807) is 89.9 Å². The fourth-order valence-electron chi connectivity index (χ4n) is 11.7. The first kappa shape index (κ1) is 79.6. The number of aliphatic hydroxyl groups excluding tert-OH is 1. The highest BCUT2D eigenvalue weighted by molar-refractivity contribution is 7.99. The first-order valence-electron chi connectivity index (χ1n) is 32.3. The third-order valence-electron chi connectivity index (χ3n) is 17.1. The highest BCUT2D eigenvalue weighted by Crippen LogP contribution is 2.31. The van der Waals surface area contributed by atoms with Gasteiger partial charge in [-0.2, -0.15) is 11.8 Å². The van der Waals surface area contributed by atoms with Gasteiger partial charge in [0.25, 0.3) is 0 Å². The minimum atomic E-state index is -1.05. The third-order valence-corrected chi connectivity index (χ3v) is 18.0. The second kappa shape index (κ2) is 39.9. The Morgan fingerprint density at radius 1 is 0.726 bits per heavy atom. The van der Waals surface area contributed by atoms with E-state index in [9.17, 15) is 57.8 Å². The number of nitrogens with one attached hydrogen (secondary N) is 5. The number of esters is 3. The molecule has 6 N–H and O–H groups in total. The maximum absolute atomic E-state index is 14.3. The average molecular weight is 1350 g/mol. The van der Waals surface area contributed by atoms with Gasteiger partial charge in [0.1, 0.15) is 37.0 Å². The van der Waals surface area contributed by atoms with Crippen molar-refractivity contribution in [2.24, 2.45) is 23.7 Å². The van der Waals surface area contributed by atoms with Crippen LogP contribution in [0.2, 0.25) is 0 Å². The summed E-state index contributed by atoms with van der Waals surface area (Å²) in [7, 11) is 6.01. The molecule has 2 aromatic carbocycles. The number of carbonyl (C=O) groups is 11. The Morgan fingerprint density at radius 3 is 1.88 bits per heavy atom. The number of nitrogens with zero attached hydrogens (tertiary/aromatic N) is 3. The van der Waals surface area contributed by atoms with E-state index in [0.29, 0.717) is 42.6 Å². The van der Waals surface area contributed by atoms with Crippen molar-refractivity contribution in [3.63, 3.8) is 0 Å². The topological polar surface area (TPSA) is 333 Å². The molecule has 26 nitrogen and oxygen atoms in total. The van der Waals surface area contributed by atoms with Crippen LogP contribution in [0.1, 0.15) is 124 Å². The van der Waals surface area contributed by atoms with Crippen molar-refractivity contribution >= 4 is 82.8 Å². The van der Waals surface area contributed by atoms with E-state index in [0.717, 1.165) is 28.8 Å². The van der Waals surface area contributed by atoms with E-state index >= 15 is 0 Å². The number of anilines is 1. The number of thioether (sulfide) groups is 1. The van der Waals surface area contributed by atoms with Crippen molar-refractivity contribution in [3.8, 4) is 0 Å². The summed E-state index contributed by atoms with van der Waals surface area (Å²) in [5.41, 5.74) is 1.58. The van der Waals surface area contributed by atoms with Gasteiger partial charge in [-0.3, -0.25) is 43.3 Å². The van der Waals surface area contributed by atoms with Gasteiger partial charge < -0.3 is 69.9 Å². The molecule has 0 aromatic heterocycles. The van der Waals surface area contributed by atoms with Crippen molar-refractivity contribution in [1.82, 2.24) is 36.0 Å². The van der Waals surface area contributed by atoms with Crippen LogP contribution in [0.4, 0.5) is 10.5 Å². The summed E-state index contributed by atoms with van der Waals surface area (Å²) in [6.45, 7) is 20.5. The summed E-state index contributed by atoms with van der Waals surface area (Å²) in [6, 6.07) is 11.8. The molecular weight excluding hydrogens is 1250 g/mol. The van der Waals surface area contributed by atoms with Gasteiger partial charge in [0, 0.05) is 77.7 Å². The molecule has 27 heteroatoms. The Morgan fingerprint density at radius 2 is 1.33 bits per heavy atom. The molecule has 95 heavy (non-hydrogen) atoms. The van der Waals surface area contributed by atoms with Gasteiger partial charge in [-0.15, -0.1) is 0 Å². The molecule has 0 bridgehead atoms. The molecule has 2 aromatic rings. The minimum absolute atomic E-state index is 0.0596. The Hall–Kier alpha value is -7.88. The summed E-state index contributed by atoms with van der Waals surface area (Å²) in [5.74, 6) is -6.64. The number of ether oxygens (including phenoxy) is 6. The lowest BCUT2D eigenvalue weighted by Gasteiger charge is -2.39. The predicted molar refractivity (Wildman–Crippen MR) is 355 cm³/mol. The molecule has 1 aliphatic heterocycles. The maximum atomic E-state index is 14.3. The summed E-state index contributed by atoms with van der Waals surface area (Å²) < 4.78 is 33.7. The van der Waals surface area contributed by atoms with E-state index in [2.05, 4.69) is 39.7 Å². The molecule has 0 spiro atoms. The van der Waals surface area contributed by atoms with Crippen molar-refractivity contribution in [1.29, 1.82) is 0 Å². The Bertz CT molecular complexity index is 2890. The van der Waals surface area contributed by atoms with Crippen LogP contribution in [0.25, 0.3) is 0 Å². The molecule has 4 rings (SSSR count). The quantitative estimate of drug-likeness (QED) is 0.0220. The number of hydrogen-bond donors (Lipinski definition) is 6. The number of likely N-dealkylation sites (N-methyl/N-ethyl adjacent to an activating group) is 2. The zero-order valence-corrected chi connectivity index (χ0v) is 57.8. The Balaban J connectivity index is 1.22. The average Bonchev–Trinajstić information content (AvgIpc) is 1.82. The molecule has 1 aliphatic carbocycles. The van der Waals surface area contributed by atoms with Crippen molar-refractivity contribution in [2.75, 3.05) is 64.8 Å². The SMILES string of the molecule is C=CC(=O)O[C@@H]1CC(OC(=O)CCSCC(=O)NC(C(=O)NCC(=O)Nc2ccc(COC(=O)N(C)C(C(=O)NCC(=O)N(C)C([C@H](C)CC)[C@@H](CC(=O)N3CCC[C@H]3[C@H](OC)[C@@H](C)C(=O)N[C@H](C)[C@@H](O)c3ccccc3)OC)C(C)C)cc2)C(C)C)C[C@H](OC(=O)C=C)C1. The number of methoxy groups -OCH3 is 2. The number of likely N-dealkylation sites (tertiary alicyclic amines) is 1. The van der Waals surface area contributed by atoms with Crippen LogP contribution in [0.3, 0.4) is 0 Å². The van der Waals surface area contributed by atoms with Crippen LogP contribution in [-0.4, -0.2) is 205 Å². The third kappa shape index (κ3) is 25.0. The van der Waals surface area contributed by atoms with Gasteiger partial charge in [0.15, 0.2) is 0 Å². The number of aliphatic hydroxyl groups is 1. The normalized spacial score (nSPS) is 18.9. The summed E-state index contributed by atoms with van der Waals surface area (Å²) in [5, 5.41) is 24.5. The zero-order valence-electron chi connectivity index (χ0n) is 57.0. The lowest BCUT2D eigenvalue weighted by Crippen LogP contribution is -2.56. The van der Waals surface area contributed by atoms with Crippen LogP contribution < -0.4 is 26.6 Å². The molecule has 1 heterocycles. The second-order valence-electron chi connectivity index (χ2n) is 24.8. The Kier molecular flexibility index (Phi) is 33.4. The summed E-state index contributed by atoms with van der Waals surface area (Å²) in [6.07, 6.45) is -0.834. The molecule has 1 saturated carbocycles. The van der Waals surface area contributed by atoms with Crippen LogP contribution in [-0.2, 0) is 83.0 Å². The molecule has 2 aliphatic rings. The van der Waals surface area contributed by atoms with E-state index in [4.69, 9.17) is 28.4 Å². The van der Waals surface area contributed by atoms with E-state index in [1.807, 2.05) is 32.0 Å². The number of rotatable bonds is 37. The van der Waals surface area contributed by atoms with Crippen LogP contribution in [0, 0.1) is 23.7 Å². The minimum Gasteiger partial charge on any atom is -0.462 e. The molecule has 4 unspecified atom stereocenters. The first-order valence-corrected chi connectivity index (χ1v) is 33.4. The monoisotopic (exact) mass is 1350 g/mol. The molecular formula is C68H100N8O18S.